The van der Waals surface area contributed by atoms with Crippen LogP contribution in [0.4, 0.5) is 5.69 Å². The van der Waals surface area contributed by atoms with Gasteiger partial charge in [-0.25, -0.2) is 8.42 Å². The van der Waals surface area contributed by atoms with Crippen molar-refractivity contribution in [2.45, 2.75) is 23.8 Å². The molecule has 0 spiro atoms. The molecule has 0 aliphatic carbocycles. The predicted octanol–water partition coefficient (Wildman–Crippen LogP) is 1.62. The average molecular weight is 334 g/mol. The second-order valence-corrected chi connectivity index (χ2v) is 7.13. The lowest BCUT2D eigenvalue weighted by Crippen LogP contribution is -2.40. The van der Waals surface area contributed by atoms with Gasteiger partial charge in [0.25, 0.3) is 5.69 Å². The zero-order chi connectivity index (χ0) is 15.6. The predicted molar refractivity (Wildman–Crippen MR) is 78.9 cm³/mol. The van der Waals surface area contributed by atoms with Crippen LogP contribution in [0.25, 0.3) is 0 Å². The molecule has 1 N–H and O–H groups in total. The van der Waals surface area contributed by atoms with Gasteiger partial charge in [0.1, 0.15) is 0 Å². The molecule has 1 saturated heterocycles. The molecular formula is C12H16ClN3O4S. The number of hydrogen-bond donors (Lipinski definition) is 1. The van der Waals surface area contributed by atoms with Crippen molar-refractivity contribution in [2.75, 3.05) is 20.1 Å². The Kier molecular flexibility index (Phi) is 4.82. The minimum Gasteiger partial charge on any atom is -0.318 e. The van der Waals surface area contributed by atoms with Gasteiger partial charge in [-0.15, -0.1) is 0 Å². The monoisotopic (exact) mass is 333 g/mol. The molecule has 0 aromatic heterocycles. The maximum atomic E-state index is 12.7. The molecule has 7 nitrogen and oxygen atoms in total. The third-order valence-electron chi connectivity index (χ3n) is 3.47. The molecule has 1 aromatic rings. The number of sulfonamides is 1. The van der Waals surface area contributed by atoms with Crippen LogP contribution in [0.5, 0.6) is 0 Å². The first-order valence-electron chi connectivity index (χ1n) is 6.48. The number of halogens is 1. The van der Waals surface area contributed by atoms with Crippen LogP contribution in [0, 0.1) is 10.1 Å². The molecule has 9 heteroatoms. The molecular weight excluding hydrogens is 318 g/mol. The minimum absolute atomic E-state index is 0.133. The summed E-state index contributed by atoms with van der Waals surface area (Å²) in [4.78, 5) is 10.1. The topological polar surface area (TPSA) is 92.6 Å². The normalized spacial score (nSPS) is 19.8. The van der Waals surface area contributed by atoms with Gasteiger partial charge < -0.3 is 5.32 Å². The molecule has 1 unspecified atom stereocenters. The largest absolute Gasteiger partial charge is 0.318 e. The molecule has 0 radical (unpaired) electrons. The number of nitrogens with one attached hydrogen (secondary N) is 1. The van der Waals surface area contributed by atoms with E-state index in [-0.39, 0.29) is 16.0 Å². The van der Waals surface area contributed by atoms with Crippen LogP contribution in [0.2, 0.25) is 5.02 Å². The van der Waals surface area contributed by atoms with Crippen LogP contribution >= 0.6 is 11.6 Å². The van der Waals surface area contributed by atoms with E-state index in [9.17, 15) is 18.5 Å². The fourth-order valence-corrected chi connectivity index (χ4v) is 4.54. The Morgan fingerprint density at radius 1 is 1.52 bits per heavy atom. The number of hydrogen-bond acceptors (Lipinski definition) is 5. The highest BCUT2D eigenvalue weighted by Crippen LogP contribution is 2.32. The number of benzene rings is 1. The molecule has 1 aromatic carbocycles. The van der Waals surface area contributed by atoms with Crippen LogP contribution in [-0.2, 0) is 10.0 Å². The van der Waals surface area contributed by atoms with E-state index < -0.39 is 20.6 Å². The van der Waals surface area contributed by atoms with Gasteiger partial charge in [0, 0.05) is 30.2 Å². The van der Waals surface area contributed by atoms with Crippen molar-refractivity contribution in [3.63, 3.8) is 0 Å². The number of nitrogens with zero attached hydrogens (tertiary/aromatic N) is 2. The van der Waals surface area contributed by atoms with Gasteiger partial charge in [-0.1, -0.05) is 11.6 Å². The standard InChI is InChI=1S/C12H16ClN3O4S/c1-14-8-10-3-2-6-15(10)21(19,20)12-5-4-9(13)7-11(12)16(17)18/h4-5,7,10,14H,2-3,6,8H2,1H3. The average Bonchev–Trinajstić information content (AvgIpc) is 2.87. The van der Waals surface area contributed by atoms with Crippen molar-refractivity contribution in [3.05, 3.63) is 33.3 Å². The molecule has 1 aliphatic rings. The van der Waals surface area contributed by atoms with Crippen molar-refractivity contribution in [2.24, 2.45) is 0 Å². The van der Waals surface area contributed by atoms with Gasteiger partial charge in [-0.05, 0) is 32.0 Å². The SMILES string of the molecule is CNCC1CCCN1S(=O)(=O)c1ccc(Cl)cc1[N+](=O)[O-]. The lowest BCUT2D eigenvalue weighted by Gasteiger charge is -2.23. The van der Waals surface area contributed by atoms with Crippen molar-refractivity contribution in [1.82, 2.24) is 9.62 Å². The Bertz CT molecular complexity index is 650. The quantitative estimate of drug-likeness (QED) is 0.653. The molecule has 1 heterocycles. The van der Waals surface area contributed by atoms with Crippen LogP contribution in [0.1, 0.15) is 12.8 Å². The molecule has 2 rings (SSSR count). The Balaban J connectivity index is 2.47. The fourth-order valence-electron chi connectivity index (χ4n) is 2.54. The number of nitro benzene ring substituents is 1. The first-order chi connectivity index (χ1) is 9.87. The van der Waals surface area contributed by atoms with Gasteiger partial charge in [0.15, 0.2) is 4.90 Å². The first kappa shape index (κ1) is 16.2. The summed E-state index contributed by atoms with van der Waals surface area (Å²) >= 11 is 5.73. The fraction of sp³-hybridized carbons (Fsp3) is 0.500. The van der Waals surface area contributed by atoms with E-state index in [1.807, 2.05) is 0 Å². The summed E-state index contributed by atoms with van der Waals surface area (Å²) in [6.45, 7) is 0.884. The molecule has 0 amide bonds. The number of rotatable bonds is 5. The number of likely N-dealkylation sites (N-methyl/N-ethyl adjacent to an activating group) is 1. The van der Waals surface area contributed by atoms with Gasteiger partial charge >= 0.3 is 0 Å². The molecule has 0 saturated carbocycles. The summed E-state index contributed by atoms with van der Waals surface area (Å²) in [7, 11) is -2.17. The zero-order valence-electron chi connectivity index (χ0n) is 11.5. The smallest absolute Gasteiger partial charge is 0.290 e. The summed E-state index contributed by atoms with van der Waals surface area (Å²) < 4.78 is 26.7. The Morgan fingerprint density at radius 2 is 2.24 bits per heavy atom. The van der Waals surface area contributed by atoms with Crippen molar-refractivity contribution >= 4 is 27.3 Å². The van der Waals surface area contributed by atoms with Crippen molar-refractivity contribution in [3.8, 4) is 0 Å². The molecule has 1 fully saturated rings. The Hall–Kier alpha value is -1.22. The van der Waals surface area contributed by atoms with Crippen LogP contribution in [0.3, 0.4) is 0 Å². The third-order valence-corrected chi connectivity index (χ3v) is 5.70. The minimum atomic E-state index is -3.91. The highest BCUT2D eigenvalue weighted by molar-refractivity contribution is 7.89. The maximum Gasteiger partial charge on any atom is 0.290 e. The second kappa shape index (κ2) is 6.27. The highest BCUT2D eigenvalue weighted by Gasteiger charge is 2.38. The molecule has 0 bridgehead atoms. The van der Waals surface area contributed by atoms with E-state index in [4.69, 9.17) is 11.6 Å². The zero-order valence-corrected chi connectivity index (χ0v) is 13.0. The van der Waals surface area contributed by atoms with E-state index in [0.29, 0.717) is 13.1 Å². The van der Waals surface area contributed by atoms with E-state index in [1.165, 1.54) is 16.4 Å². The van der Waals surface area contributed by atoms with Gasteiger partial charge in [0.05, 0.1) is 4.92 Å². The maximum absolute atomic E-state index is 12.7. The summed E-state index contributed by atoms with van der Waals surface area (Å²) in [5.41, 5.74) is -0.488. The second-order valence-electron chi connectivity index (χ2n) is 4.84. The highest BCUT2D eigenvalue weighted by atomic mass is 35.5. The van der Waals surface area contributed by atoms with Crippen LogP contribution < -0.4 is 5.32 Å². The van der Waals surface area contributed by atoms with E-state index in [1.54, 1.807) is 7.05 Å². The Labute approximate surface area is 128 Å². The van der Waals surface area contributed by atoms with Gasteiger partial charge in [-0.2, -0.15) is 4.31 Å². The van der Waals surface area contributed by atoms with E-state index in [2.05, 4.69) is 5.32 Å². The summed E-state index contributed by atoms with van der Waals surface area (Å²) in [6.07, 6.45) is 1.48. The van der Waals surface area contributed by atoms with Crippen molar-refractivity contribution < 1.29 is 13.3 Å². The summed E-state index contributed by atoms with van der Waals surface area (Å²) in [6, 6.07) is 3.43. The summed E-state index contributed by atoms with van der Waals surface area (Å²) in [5, 5.41) is 14.2. The number of nitro groups is 1. The van der Waals surface area contributed by atoms with Gasteiger partial charge in [0.2, 0.25) is 10.0 Å². The molecule has 116 valence electrons. The van der Waals surface area contributed by atoms with Gasteiger partial charge in [-0.3, -0.25) is 10.1 Å². The first-order valence-corrected chi connectivity index (χ1v) is 8.30. The van der Waals surface area contributed by atoms with E-state index >= 15 is 0 Å². The summed E-state index contributed by atoms with van der Waals surface area (Å²) in [5.74, 6) is 0. The lowest BCUT2D eigenvalue weighted by atomic mass is 10.2. The lowest BCUT2D eigenvalue weighted by molar-refractivity contribution is -0.387. The molecule has 21 heavy (non-hydrogen) atoms. The van der Waals surface area contributed by atoms with Crippen LogP contribution in [0.15, 0.2) is 23.1 Å². The van der Waals surface area contributed by atoms with Crippen LogP contribution in [-0.4, -0.2) is 43.8 Å². The molecule has 1 aliphatic heterocycles. The third kappa shape index (κ3) is 3.18. The van der Waals surface area contributed by atoms with E-state index in [0.717, 1.165) is 18.9 Å². The molecule has 1 atom stereocenters. The Morgan fingerprint density at radius 3 is 2.86 bits per heavy atom. The van der Waals surface area contributed by atoms with Crippen molar-refractivity contribution in [1.29, 1.82) is 0 Å².